The van der Waals surface area contributed by atoms with E-state index in [4.69, 9.17) is 16.2 Å². The summed E-state index contributed by atoms with van der Waals surface area (Å²) in [6, 6.07) is 13.4. The molecule has 0 radical (unpaired) electrons. The molecule has 3 aromatic heterocycles. The smallest absolute Gasteiger partial charge is 0.355 e. The summed E-state index contributed by atoms with van der Waals surface area (Å²) in [5.74, 6) is 3.86. The zero-order chi connectivity index (χ0) is 54.9. The Bertz CT molecular complexity index is 3290. The molecule has 1 aliphatic rings. The highest BCUT2D eigenvalue weighted by atomic mass is 32.2. The van der Waals surface area contributed by atoms with Gasteiger partial charge in [0.15, 0.2) is 39.2 Å². The number of carboxylic acids is 1. The number of hydrogen-bond donors (Lipinski definition) is 8. The van der Waals surface area contributed by atoms with Gasteiger partial charge in [0.25, 0.3) is 10.1 Å². The van der Waals surface area contributed by atoms with Gasteiger partial charge >= 0.3 is 12.0 Å². The van der Waals surface area contributed by atoms with Crippen LogP contribution in [0.15, 0.2) is 65.6 Å². The minimum atomic E-state index is -4.80. The topological polar surface area (TPSA) is 307 Å². The van der Waals surface area contributed by atoms with Crippen LogP contribution in [0, 0.1) is 30.5 Å². The average Bonchev–Trinajstić information content (AvgIpc) is 3.99. The summed E-state index contributed by atoms with van der Waals surface area (Å²) in [6.45, 7) is 6.51. The molecule has 4 amide bonds. The van der Waals surface area contributed by atoms with Gasteiger partial charge in [-0.3, -0.25) is 14.1 Å². The lowest BCUT2D eigenvalue weighted by Gasteiger charge is -2.28. The van der Waals surface area contributed by atoms with E-state index >= 15 is 4.39 Å². The van der Waals surface area contributed by atoms with Crippen LogP contribution in [0.3, 0.4) is 0 Å². The number of ether oxygens (including phenoxy) is 1. The number of benzene rings is 3. The Morgan fingerprint density at radius 1 is 1.01 bits per heavy atom. The van der Waals surface area contributed by atoms with Crippen molar-refractivity contribution in [3.05, 3.63) is 99.3 Å². The highest BCUT2D eigenvalue weighted by Crippen LogP contribution is 2.39. The highest BCUT2D eigenvalue weighted by molar-refractivity contribution is 7.85. The van der Waals surface area contributed by atoms with Gasteiger partial charge in [-0.05, 0) is 106 Å². The normalized spacial score (nSPS) is 13.3. The number of carbonyl (C=O) groups is 4. The SMILES string of the molecule is Cc1c(Nc2nc3ccccc3s2)nnc2c1CCCN2c1nc(C(=O)O)c(CCCOc2ccc(C#CC[N+](C)(C)Cc3ccc(NC(=O)C(CCCNC(N)=O)NC(=O)C(N)C(C)C)cc3S(=O)(=O)O)cc2F)s1. The molecule has 402 valence electrons. The van der Waals surface area contributed by atoms with Crippen LogP contribution in [0.2, 0.25) is 0 Å². The molecular formula is C51H60FN12O9S3+. The number of aromatic nitrogens is 4. The Hall–Kier alpha value is -7.34. The van der Waals surface area contributed by atoms with E-state index in [0.717, 1.165) is 40.3 Å². The van der Waals surface area contributed by atoms with Gasteiger partial charge in [-0.25, -0.2) is 23.9 Å². The number of hydrogen-bond acceptors (Lipinski definition) is 16. The lowest BCUT2D eigenvalue weighted by atomic mass is 10.0. The monoisotopic (exact) mass is 1100 g/mol. The number of amides is 4. The molecule has 3 aromatic carbocycles. The predicted molar refractivity (Wildman–Crippen MR) is 288 cm³/mol. The van der Waals surface area contributed by atoms with Gasteiger partial charge in [-0.2, -0.15) is 8.42 Å². The molecule has 10 N–H and O–H groups in total. The molecule has 1 aliphatic heterocycles. The van der Waals surface area contributed by atoms with Crippen LogP contribution in [0.1, 0.15) is 77.2 Å². The predicted octanol–water partition coefficient (Wildman–Crippen LogP) is 6.26. The molecule has 7 rings (SSSR count). The number of carboxylic acid groups (broad SMARTS) is 1. The van der Waals surface area contributed by atoms with Crippen LogP contribution in [-0.2, 0) is 39.1 Å². The van der Waals surface area contributed by atoms with E-state index in [1.165, 1.54) is 46.9 Å². The maximum Gasteiger partial charge on any atom is 0.355 e. The van der Waals surface area contributed by atoms with Crippen LogP contribution < -0.4 is 42.4 Å². The van der Waals surface area contributed by atoms with E-state index in [9.17, 15) is 37.3 Å². The fourth-order valence-corrected chi connectivity index (χ4v) is 11.0. The molecule has 0 fully saturated rings. The van der Waals surface area contributed by atoms with Crippen molar-refractivity contribution in [1.82, 2.24) is 30.8 Å². The van der Waals surface area contributed by atoms with E-state index in [1.807, 2.05) is 36.1 Å². The summed E-state index contributed by atoms with van der Waals surface area (Å²) in [5, 5.41) is 31.3. The Labute approximate surface area is 447 Å². The van der Waals surface area contributed by atoms with Crippen molar-refractivity contribution in [2.45, 2.75) is 82.8 Å². The van der Waals surface area contributed by atoms with Crippen molar-refractivity contribution in [3.8, 4) is 17.6 Å². The maximum absolute atomic E-state index is 15.3. The number of halogens is 1. The van der Waals surface area contributed by atoms with Crippen LogP contribution >= 0.6 is 22.7 Å². The lowest BCUT2D eigenvalue weighted by Crippen LogP contribution is -2.51. The number of nitrogens with zero attached hydrogens (tertiary/aromatic N) is 6. The molecule has 0 spiro atoms. The molecule has 2 atom stereocenters. The molecule has 6 aromatic rings. The second-order valence-corrected chi connectivity index (χ2v) is 22.6. The summed E-state index contributed by atoms with van der Waals surface area (Å²) in [5.41, 5.74) is 14.5. The number of thiazole rings is 2. The van der Waals surface area contributed by atoms with E-state index in [1.54, 1.807) is 34.0 Å². The number of nitrogens with one attached hydrogen (secondary N) is 4. The van der Waals surface area contributed by atoms with E-state index in [-0.39, 0.29) is 72.2 Å². The van der Waals surface area contributed by atoms with Crippen molar-refractivity contribution in [3.63, 3.8) is 0 Å². The second-order valence-electron chi connectivity index (χ2n) is 19.1. The Morgan fingerprint density at radius 2 is 1.79 bits per heavy atom. The van der Waals surface area contributed by atoms with E-state index in [2.05, 4.69) is 53.3 Å². The Balaban J connectivity index is 0.935. The maximum atomic E-state index is 15.3. The number of rotatable bonds is 22. The first-order valence-electron chi connectivity index (χ1n) is 24.3. The van der Waals surface area contributed by atoms with Gasteiger partial charge < -0.3 is 52.0 Å². The quantitative estimate of drug-likeness (QED) is 0.0161. The van der Waals surface area contributed by atoms with Gasteiger partial charge in [0, 0.05) is 45.9 Å². The van der Waals surface area contributed by atoms with E-state index < -0.39 is 56.7 Å². The Morgan fingerprint density at radius 3 is 2.50 bits per heavy atom. The van der Waals surface area contributed by atoms with Crippen LogP contribution in [0.4, 0.5) is 36.8 Å². The summed E-state index contributed by atoms with van der Waals surface area (Å²) < 4.78 is 57.8. The molecule has 0 aliphatic carbocycles. The number of urea groups is 1. The number of nitrogens with two attached hydrogens (primary N) is 2. The van der Waals surface area contributed by atoms with Crippen molar-refractivity contribution in [2.75, 3.05) is 55.9 Å². The Kier molecular flexibility index (Phi) is 18.2. The number of anilines is 5. The van der Waals surface area contributed by atoms with Gasteiger partial charge in [-0.1, -0.05) is 43.2 Å². The number of fused-ring (bicyclic) bond motifs is 2. The first-order valence-corrected chi connectivity index (χ1v) is 27.4. The summed E-state index contributed by atoms with van der Waals surface area (Å²) in [6.07, 6.45) is 2.59. The molecule has 0 bridgehead atoms. The molecule has 4 heterocycles. The van der Waals surface area contributed by atoms with Crippen molar-refractivity contribution >= 4 is 94.4 Å². The molecule has 0 saturated carbocycles. The van der Waals surface area contributed by atoms with Crippen molar-refractivity contribution < 1.29 is 50.9 Å². The third kappa shape index (κ3) is 14.5. The highest BCUT2D eigenvalue weighted by Gasteiger charge is 2.30. The zero-order valence-electron chi connectivity index (χ0n) is 42.5. The average molecular weight is 1100 g/mol. The van der Waals surface area contributed by atoms with E-state index in [0.29, 0.717) is 51.7 Å². The molecular weight excluding hydrogens is 1040 g/mol. The van der Waals surface area contributed by atoms with Gasteiger partial charge in [-0.15, -0.1) is 21.5 Å². The second kappa shape index (κ2) is 24.6. The molecule has 2 unspecified atom stereocenters. The number of para-hydroxylation sites is 1. The fourth-order valence-electron chi connectivity index (χ4n) is 8.28. The summed E-state index contributed by atoms with van der Waals surface area (Å²) >= 11 is 2.79. The fraction of sp³-hybridized carbons (Fsp3) is 0.373. The van der Waals surface area contributed by atoms with Crippen molar-refractivity contribution in [1.29, 1.82) is 0 Å². The van der Waals surface area contributed by atoms with Gasteiger partial charge in [0.05, 0.1) is 37.0 Å². The third-order valence-corrected chi connectivity index (χ3v) is 15.4. The molecule has 76 heavy (non-hydrogen) atoms. The minimum Gasteiger partial charge on any atom is -0.491 e. The first-order chi connectivity index (χ1) is 36.1. The molecule has 0 saturated heterocycles. The van der Waals surface area contributed by atoms with Crippen LogP contribution in [-0.4, -0.2) is 119 Å². The number of quaternary nitrogens is 1. The number of primary amides is 1. The lowest BCUT2D eigenvalue weighted by molar-refractivity contribution is -0.896. The van der Waals surface area contributed by atoms with Crippen LogP contribution in [0.25, 0.3) is 10.2 Å². The number of aryl methyl sites for hydroxylation is 1. The molecule has 25 heteroatoms. The first kappa shape index (κ1) is 56.4. The van der Waals surface area contributed by atoms with Gasteiger partial charge in [0.1, 0.15) is 24.0 Å². The summed E-state index contributed by atoms with van der Waals surface area (Å²) in [7, 11) is -1.23. The van der Waals surface area contributed by atoms with Crippen molar-refractivity contribution in [2.24, 2.45) is 17.4 Å². The van der Waals surface area contributed by atoms with Crippen LogP contribution in [0.5, 0.6) is 5.75 Å². The number of carbonyl (C=O) groups excluding carboxylic acids is 3. The summed E-state index contributed by atoms with van der Waals surface area (Å²) in [4.78, 5) is 60.9. The largest absolute Gasteiger partial charge is 0.491 e. The minimum absolute atomic E-state index is 0.00791. The standard InChI is InChI=1S/C51H59FN12O9S3/c1-29(2)42(53)47(66)57-37(15-8-22-55-49(54)69)46(65)56-33-20-19-32(41(27-33)76(70,71)72)28-64(4,5)24-10-12-31-18-21-38(35(52)26-31)73-25-11-17-40-43(48(67)68)59-51(75-40)63-23-9-13-34-30(3)44(61-62-45(34)63)60-50-58-36-14-6-7-16-39(36)74-50/h6-7,14,16,18-21,26-27,29,37,42H,8-9,11,13,15,17,22-25,28,53H2,1-5H3,(H7-,54,55,56,57,58,60,61,65,66,67,68,69,70,71,72)/p+1. The van der Waals surface area contributed by atoms with Gasteiger partial charge in [0.2, 0.25) is 11.8 Å². The molecule has 21 nitrogen and oxygen atoms in total. The number of aromatic carboxylic acids is 1. The third-order valence-electron chi connectivity index (χ3n) is 12.3. The zero-order valence-corrected chi connectivity index (χ0v) is 44.9.